The number of alkyl carbamates (subject to hydrolysis) is 1. The second kappa shape index (κ2) is 8.56. The fourth-order valence-corrected chi connectivity index (χ4v) is 2.56. The van der Waals surface area contributed by atoms with Crippen LogP contribution in [-0.4, -0.2) is 19.3 Å². The molecule has 0 aliphatic heterocycles. The second-order valence-corrected chi connectivity index (χ2v) is 5.53. The molecule has 0 spiro atoms. The molecule has 122 valence electrons. The van der Waals surface area contributed by atoms with Crippen molar-refractivity contribution in [1.29, 1.82) is 0 Å². The van der Waals surface area contributed by atoms with Crippen LogP contribution in [0, 0.1) is 0 Å². The Morgan fingerprint density at radius 2 is 1.78 bits per heavy atom. The molecule has 0 fully saturated rings. The zero-order valence-corrected chi connectivity index (χ0v) is 13.9. The molecule has 0 aliphatic carbocycles. The van der Waals surface area contributed by atoms with Gasteiger partial charge in [0.15, 0.2) is 0 Å². The lowest BCUT2D eigenvalue weighted by Crippen LogP contribution is -2.31. The number of benzene rings is 2. The van der Waals surface area contributed by atoms with Crippen molar-refractivity contribution in [3.63, 3.8) is 0 Å². The summed E-state index contributed by atoms with van der Waals surface area (Å²) in [5.41, 5.74) is 1.80. The van der Waals surface area contributed by atoms with Crippen LogP contribution in [0.1, 0.15) is 24.2 Å². The Bertz CT molecular complexity index is 633. The SMILES string of the molecule is COC(c1ccccc1Cl)C(C)OC(=O)NCc1ccccc1. The molecule has 0 saturated carbocycles. The Hall–Kier alpha value is -2.04. The molecule has 2 atom stereocenters. The topological polar surface area (TPSA) is 47.6 Å². The van der Waals surface area contributed by atoms with Crippen molar-refractivity contribution in [2.24, 2.45) is 0 Å². The first kappa shape index (κ1) is 17.3. The number of ether oxygens (including phenoxy) is 2. The van der Waals surface area contributed by atoms with Crippen LogP contribution in [0.3, 0.4) is 0 Å². The Morgan fingerprint density at radius 3 is 2.43 bits per heavy atom. The summed E-state index contributed by atoms with van der Waals surface area (Å²) < 4.78 is 10.9. The van der Waals surface area contributed by atoms with Gasteiger partial charge in [-0.2, -0.15) is 0 Å². The van der Waals surface area contributed by atoms with E-state index in [9.17, 15) is 4.79 Å². The summed E-state index contributed by atoms with van der Waals surface area (Å²) in [5, 5.41) is 3.31. The first-order chi connectivity index (χ1) is 11.1. The number of nitrogens with one attached hydrogen (secondary N) is 1. The molecular formula is C18H20ClNO3. The van der Waals surface area contributed by atoms with Gasteiger partial charge in [-0.1, -0.05) is 60.1 Å². The van der Waals surface area contributed by atoms with Crippen LogP contribution in [-0.2, 0) is 16.0 Å². The van der Waals surface area contributed by atoms with Crippen molar-refractivity contribution in [2.45, 2.75) is 25.7 Å². The highest BCUT2D eigenvalue weighted by atomic mass is 35.5. The maximum Gasteiger partial charge on any atom is 0.407 e. The molecule has 2 unspecified atom stereocenters. The van der Waals surface area contributed by atoms with Gasteiger partial charge in [0.05, 0.1) is 0 Å². The lowest BCUT2D eigenvalue weighted by Gasteiger charge is -2.24. The summed E-state index contributed by atoms with van der Waals surface area (Å²) in [6.45, 7) is 2.19. The number of methoxy groups -OCH3 is 1. The third kappa shape index (κ3) is 4.98. The molecule has 0 heterocycles. The molecule has 5 heteroatoms. The van der Waals surface area contributed by atoms with Gasteiger partial charge in [0.25, 0.3) is 0 Å². The van der Waals surface area contributed by atoms with Gasteiger partial charge in [-0.05, 0) is 18.6 Å². The molecule has 1 N–H and O–H groups in total. The van der Waals surface area contributed by atoms with E-state index in [0.717, 1.165) is 11.1 Å². The van der Waals surface area contributed by atoms with E-state index >= 15 is 0 Å². The quantitative estimate of drug-likeness (QED) is 0.855. The number of hydrogen-bond acceptors (Lipinski definition) is 3. The first-order valence-electron chi connectivity index (χ1n) is 7.37. The highest BCUT2D eigenvalue weighted by Crippen LogP contribution is 2.28. The third-order valence-electron chi connectivity index (χ3n) is 3.46. The fraction of sp³-hybridized carbons (Fsp3) is 0.278. The maximum atomic E-state index is 11.9. The Balaban J connectivity index is 1.92. The predicted octanol–water partition coefficient (Wildman–Crippen LogP) is 4.34. The van der Waals surface area contributed by atoms with Gasteiger partial charge in [-0.15, -0.1) is 0 Å². The minimum atomic E-state index is -0.490. The number of carbonyl (C=O) groups excluding carboxylic acids is 1. The summed E-state index contributed by atoms with van der Waals surface area (Å²) in [7, 11) is 1.57. The summed E-state index contributed by atoms with van der Waals surface area (Å²) in [5.74, 6) is 0. The molecule has 2 aromatic carbocycles. The van der Waals surface area contributed by atoms with Crippen molar-refractivity contribution in [2.75, 3.05) is 7.11 Å². The summed E-state index contributed by atoms with van der Waals surface area (Å²) in [6.07, 6.45) is -1.39. The van der Waals surface area contributed by atoms with E-state index in [1.54, 1.807) is 20.1 Å². The number of carbonyl (C=O) groups is 1. The Kier molecular flexibility index (Phi) is 6.44. The Morgan fingerprint density at radius 1 is 1.13 bits per heavy atom. The van der Waals surface area contributed by atoms with Crippen molar-refractivity contribution in [3.8, 4) is 0 Å². The van der Waals surface area contributed by atoms with Crippen molar-refractivity contribution in [1.82, 2.24) is 5.32 Å². The van der Waals surface area contributed by atoms with E-state index < -0.39 is 18.3 Å². The molecule has 0 saturated heterocycles. The third-order valence-corrected chi connectivity index (χ3v) is 3.81. The molecular weight excluding hydrogens is 314 g/mol. The zero-order valence-electron chi connectivity index (χ0n) is 13.2. The molecule has 0 aromatic heterocycles. The number of rotatable bonds is 6. The molecule has 0 aliphatic rings. The standard InChI is InChI=1S/C18H20ClNO3/c1-13(17(22-2)15-10-6-7-11-16(15)19)23-18(21)20-12-14-8-4-3-5-9-14/h3-11,13,17H,12H2,1-2H3,(H,20,21). The fourth-order valence-electron chi connectivity index (χ4n) is 2.32. The highest BCUT2D eigenvalue weighted by Gasteiger charge is 2.24. The predicted molar refractivity (Wildman–Crippen MR) is 90.4 cm³/mol. The van der Waals surface area contributed by atoms with Crippen LogP contribution >= 0.6 is 11.6 Å². The van der Waals surface area contributed by atoms with E-state index in [1.807, 2.05) is 48.5 Å². The smallest absolute Gasteiger partial charge is 0.407 e. The van der Waals surface area contributed by atoms with Crippen LogP contribution in [0.15, 0.2) is 54.6 Å². The molecule has 2 rings (SSSR count). The van der Waals surface area contributed by atoms with Gasteiger partial charge >= 0.3 is 6.09 Å². The molecule has 23 heavy (non-hydrogen) atoms. The maximum absolute atomic E-state index is 11.9. The zero-order chi connectivity index (χ0) is 16.7. The summed E-state index contributed by atoms with van der Waals surface area (Å²) in [6, 6.07) is 17.0. The van der Waals surface area contributed by atoms with E-state index in [1.165, 1.54) is 0 Å². The monoisotopic (exact) mass is 333 g/mol. The average Bonchev–Trinajstić information content (AvgIpc) is 2.56. The van der Waals surface area contributed by atoms with Crippen molar-refractivity contribution >= 4 is 17.7 Å². The van der Waals surface area contributed by atoms with Crippen molar-refractivity contribution in [3.05, 3.63) is 70.7 Å². The lowest BCUT2D eigenvalue weighted by atomic mass is 10.1. The van der Waals surface area contributed by atoms with Crippen LogP contribution in [0.25, 0.3) is 0 Å². The van der Waals surface area contributed by atoms with Gasteiger partial charge in [-0.25, -0.2) is 4.79 Å². The molecule has 0 radical (unpaired) electrons. The van der Waals surface area contributed by atoms with Crippen LogP contribution in [0.4, 0.5) is 4.79 Å². The van der Waals surface area contributed by atoms with E-state index in [-0.39, 0.29) is 0 Å². The van der Waals surface area contributed by atoms with E-state index in [2.05, 4.69) is 5.32 Å². The van der Waals surface area contributed by atoms with E-state index in [4.69, 9.17) is 21.1 Å². The van der Waals surface area contributed by atoms with Gasteiger partial charge in [0.2, 0.25) is 0 Å². The lowest BCUT2D eigenvalue weighted by molar-refractivity contribution is -0.0149. The summed E-state index contributed by atoms with van der Waals surface area (Å²) in [4.78, 5) is 11.9. The number of halogens is 1. The molecule has 4 nitrogen and oxygen atoms in total. The normalized spacial score (nSPS) is 13.2. The average molecular weight is 334 g/mol. The van der Waals surface area contributed by atoms with Gasteiger partial charge < -0.3 is 14.8 Å². The van der Waals surface area contributed by atoms with Crippen molar-refractivity contribution < 1.29 is 14.3 Å². The van der Waals surface area contributed by atoms with Crippen LogP contribution < -0.4 is 5.32 Å². The minimum Gasteiger partial charge on any atom is -0.443 e. The summed E-state index contributed by atoms with van der Waals surface area (Å²) >= 11 is 6.18. The number of amides is 1. The van der Waals surface area contributed by atoms with Crippen LogP contribution in [0.5, 0.6) is 0 Å². The molecule has 0 bridgehead atoms. The van der Waals surface area contributed by atoms with Gasteiger partial charge in [0, 0.05) is 24.2 Å². The first-order valence-corrected chi connectivity index (χ1v) is 7.75. The minimum absolute atomic E-state index is 0.413. The molecule has 1 amide bonds. The second-order valence-electron chi connectivity index (χ2n) is 5.13. The highest BCUT2D eigenvalue weighted by molar-refractivity contribution is 6.31. The molecule has 2 aromatic rings. The van der Waals surface area contributed by atoms with Gasteiger partial charge in [0.1, 0.15) is 12.2 Å². The van der Waals surface area contributed by atoms with Crippen LogP contribution in [0.2, 0.25) is 5.02 Å². The Labute approximate surface area is 141 Å². The van der Waals surface area contributed by atoms with E-state index in [0.29, 0.717) is 11.6 Å². The van der Waals surface area contributed by atoms with Gasteiger partial charge in [-0.3, -0.25) is 0 Å². The largest absolute Gasteiger partial charge is 0.443 e. The number of hydrogen-bond donors (Lipinski definition) is 1.